The molecule has 6 nitrogen and oxygen atoms in total. The second kappa shape index (κ2) is 6.89. The lowest BCUT2D eigenvalue weighted by atomic mass is 10.1. The lowest BCUT2D eigenvalue weighted by Crippen LogP contribution is -2.43. The molecule has 1 aliphatic heterocycles. The zero-order valence-electron chi connectivity index (χ0n) is 12.1. The summed E-state index contributed by atoms with van der Waals surface area (Å²) in [6, 6.07) is 3.59. The molecule has 0 aromatic carbocycles. The first-order valence-corrected chi connectivity index (χ1v) is 7.24. The Morgan fingerprint density at radius 1 is 1.45 bits per heavy atom. The second-order valence-corrected chi connectivity index (χ2v) is 5.06. The van der Waals surface area contributed by atoms with Gasteiger partial charge < -0.3 is 14.1 Å². The zero-order valence-corrected chi connectivity index (χ0v) is 12.1. The summed E-state index contributed by atoms with van der Waals surface area (Å²) in [6.45, 7) is 1.29. The van der Waals surface area contributed by atoms with Crippen LogP contribution in [0, 0.1) is 0 Å². The predicted molar refractivity (Wildman–Crippen MR) is 80.0 cm³/mol. The van der Waals surface area contributed by atoms with E-state index in [-0.39, 0.29) is 12.0 Å². The van der Waals surface area contributed by atoms with Crippen LogP contribution in [0.4, 0.5) is 0 Å². The van der Waals surface area contributed by atoms with E-state index in [4.69, 9.17) is 9.15 Å². The molecule has 1 saturated heterocycles. The van der Waals surface area contributed by atoms with Gasteiger partial charge in [0.15, 0.2) is 0 Å². The van der Waals surface area contributed by atoms with Gasteiger partial charge in [-0.05, 0) is 31.1 Å². The summed E-state index contributed by atoms with van der Waals surface area (Å²) in [7, 11) is 0. The van der Waals surface area contributed by atoms with E-state index in [1.165, 1.54) is 6.08 Å². The first-order chi connectivity index (χ1) is 10.8. The second-order valence-electron chi connectivity index (χ2n) is 5.06. The summed E-state index contributed by atoms with van der Waals surface area (Å²) in [5.74, 6) is 1.12. The first kappa shape index (κ1) is 14.3. The smallest absolute Gasteiger partial charge is 0.246 e. The number of furan rings is 1. The average molecular weight is 299 g/mol. The van der Waals surface area contributed by atoms with Gasteiger partial charge in [0.05, 0.1) is 19.0 Å². The number of carbonyl (C=O) groups is 1. The number of piperidine rings is 1. The van der Waals surface area contributed by atoms with Gasteiger partial charge in [0.25, 0.3) is 0 Å². The molecule has 6 heteroatoms. The molecule has 0 bridgehead atoms. The van der Waals surface area contributed by atoms with Crippen molar-refractivity contribution in [3.05, 3.63) is 48.8 Å². The standard InChI is InChI=1S/C16H17N3O3/c20-16(6-5-13-4-2-10-21-13)19-9-1-3-14(12-19)22-15-11-17-7-8-18-15/h2,4-8,10-11,14H,1,3,9,12H2/b6-5+. The number of hydrogen-bond donors (Lipinski definition) is 0. The van der Waals surface area contributed by atoms with E-state index in [2.05, 4.69) is 9.97 Å². The Morgan fingerprint density at radius 3 is 3.18 bits per heavy atom. The lowest BCUT2D eigenvalue weighted by molar-refractivity contribution is -0.128. The van der Waals surface area contributed by atoms with E-state index in [0.717, 1.165) is 19.4 Å². The quantitative estimate of drug-likeness (QED) is 0.809. The predicted octanol–water partition coefficient (Wildman–Crippen LogP) is 2.15. The third-order valence-corrected chi connectivity index (χ3v) is 3.45. The Bertz CT molecular complexity index is 625. The topological polar surface area (TPSA) is 68.5 Å². The van der Waals surface area contributed by atoms with Crippen LogP contribution >= 0.6 is 0 Å². The molecule has 1 unspecified atom stereocenters. The third-order valence-electron chi connectivity index (χ3n) is 3.45. The van der Waals surface area contributed by atoms with Crippen molar-refractivity contribution >= 4 is 12.0 Å². The summed E-state index contributed by atoms with van der Waals surface area (Å²) in [4.78, 5) is 22.1. The fourth-order valence-corrected chi connectivity index (χ4v) is 2.40. The van der Waals surface area contributed by atoms with Crippen molar-refractivity contribution < 1.29 is 13.9 Å². The number of carbonyl (C=O) groups excluding carboxylic acids is 1. The summed E-state index contributed by atoms with van der Waals surface area (Å²) in [5.41, 5.74) is 0. The van der Waals surface area contributed by atoms with Crippen LogP contribution in [0.1, 0.15) is 18.6 Å². The maximum atomic E-state index is 12.2. The monoisotopic (exact) mass is 299 g/mol. The minimum absolute atomic E-state index is 0.0381. The van der Waals surface area contributed by atoms with Gasteiger partial charge in [0.2, 0.25) is 11.8 Å². The Kier molecular flexibility index (Phi) is 4.48. The van der Waals surface area contributed by atoms with Gasteiger partial charge in [0.1, 0.15) is 11.9 Å². The van der Waals surface area contributed by atoms with Crippen LogP contribution in [-0.2, 0) is 4.79 Å². The van der Waals surface area contributed by atoms with Crippen molar-refractivity contribution in [2.45, 2.75) is 18.9 Å². The molecular weight excluding hydrogens is 282 g/mol. The van der Waals surface area contributed by atoms with E-state index in [1.54, 1.807) is 48.0 Å². The molecule has 3 heterocycles. The highest BCUT2D eigenvalue weighted by Crippen LogP contribution is 2.16. The summed E-state index contributed by atoms with van der Waals surface area (Å²) in [6.07, 6.45) is 11.3. The highest BCUT2D eigenvalue weighted by molar-refractivity contribution is 5.91. The molecule has 1 atom stereocenters. The number of likely N-dealkylation sites (tertiary alicyclic amines) is 1. The largest absolute Gasteiger partial charge is 0.471 e. The van der Waals surface area contributed by atoms with Gasteiger partial charge in [-0.15, -0.1) is 0 Å². The Hall–Kier alpha value is -2.63. The van der Waals surface area contributed by atoms with Crippen molar-refractivity contribution in [1.82, 2.24) is 14.9 Å². The van der Waals surface area contributed by atoms with Gasteiger partial charge in [-0.25, -0.2) is 4.98 Å². The minimum atomic E-state index is -0.0496. The summed E-state index contributed by atoms with van der Waals surface area (Å²) in [5, 5.41) is 0. The van der Waals surface area contributed by atoms with Crippen LogP contribution in [0.2, 0.25) is 0 Å². The van der Waals surface area contributed by atoms with Crippen LogP contribution in [0.25, 0.3) is 6.08 Å². The Morgan fingerprint density at radius 2 is 2.41 bits per heavy atom. The van der Waals surface area contributed by atoms with Crippen molar-refractivity contribution in [2.75, 3.05) is 13.1 Å². The number of rotatable bonds is 4. The molecule has 2 aromatic rings. The first-order valence-electron chi connectivity index (χ1n) is 7.24. The third kappa shape index (κ3) is 3.72. The Labute approximate surface area is 128 Å². The number of aromatic nitrogens is 2. The molecule has 3 rings (SSSR count). The highest BCUT2D eigenvalue weighted by atomic mass is 16.5. The van der Waals surface area contributed by atoms with Crippen LogP contribution in [0.5, 0.6) is 5.88 Å². The lowest BCUT2D eigenvalue weighted by Gasteiger charge is -2.31. The normalized spacial score (nSPS) is 18.5. The minimum Gasteiger partial charge on any atom is -0.471 e. The number of hydrogen-bond acceptors (Lipinski definition) is 5. The number of nitrogens with zero attached hydrogens (tertiary/aromatic N) is 3. The fourth-order valence-electron chi connectivity index (χ4n) is 2.40. The number of amides is 1. The van der Waals surface area contributed by atoms with Crippen LogP contribution < -0.4 is 4.74 Å². The average Bonchev–Trinajstić information content (AvgIpc) is 3.07. The van der Waals surface area contributed by atoms with E-state index >= 15 is 0 Å². The molecule has 0 N–H and O–H groups in total. The molecule has 0 aliphatic carbocycles. The molecule has 1 aliphatic rings. The molecule has 2 aromatic heterocycles. The maximum Gasteiger partial charge on any atom is 0.246 e. The molecule has 0 spiro atoms. The van der Waals surface area contributed by atoms with Gasteiger partial charge in [-0.3, -0.25) is 9.78 Å². The SMILES string of the molecule is O=C(/C=C/c1ccco1)N1CCCC(Oc2cnccn2)C1. The molecule has 1 fully saturated rings. The van der Waals surface area contributed by atoms with Crippen molar-refractivity contribution in [2.24, 2.45) is 0 Å². The zero-order chi connectivity index (χ0) is 15.2. The molecule has 114 valence electrons. The molecule has 0 radical (unpaired) electrons. The van der Waals surface area contributed by atoms with E-state index in [1.807, 2.05) is 0 Å². The molecule has 1 amide bonds. The van der Waals surface area contributed by atoms with Gasteiger partial charge in [0, 0.05) is 25.0 Å². The molecular formula is C16H17N3O3. The van der Waals surface area contributed by atoms with Crippen LogP contribution in [-0.4, -0.2) is 40.0 Å². The van der Waals surface area contributed by atoms with E-state index in [0.29, 0.717) is 18.2 Å². The Balaban J connectivity index is 1.57. The van der Waals surface area contributed by atoms with Crippen molar-refractivity contribution in [3.8, 4) is 5.88 Å². The summed E-state index contributed by atoms with van der Waals surface area (Å²) >= 11 is 0. The fraction of sp³-hybridized carbons (Fsp3) is 0.312. The molecule has 22 heavy (non-hydrogen) atoms. The number of ether oxygens (including phenoxy) is 1. The van der Waals surface area contributed by atoms with Gasteiger partial charge >= 0.3 is 0 Å². The van der Waals surface area contributed by atoms with Crippen molar-refractivity contribution in [3.63, 3.8) is 0 Å². The van der Waals surface area contributed by atoms with Gasteiger partial charge in [-0.2, -0.15) is 0 Å². The van der Waals surface area contributed by atoms with E-state index in [9.17, 15) is 4.79 Å². The molecule has 0 saturated carbocycles. The van der Waals surface area contributed by atoms with Gasteiger partial charge in [-0.1, -0.05) is 0 Å². The highest BCUT2D eigenvalue weighted by Gasteiger charge is 2.24. The van der Waals surface area contributed by atoms with Crippen LogP contribution in [0.3, 0.4) is 0 Å². The van der Waals surface area contributed by atoms with Crippen LogP contribution in [0.15, 0.2) is 47.5 Å². The maximum absolute atomic E-state index is 12.2. The van der Waals surface area contributed by atoms with Crippen molar-refractivity contribution in [1.29, 1.82) is 0 Å². The van der Waals surface area contributed by atoms with E-state index < -0.39 is 0 Å². The summed E-state index contributed by atoms with van der Waals surface area (Å²) < 4.78 is 10.9.